The van der Waals surface area contributed by atoms with E-state index in [0.29, 0.717) is 12.5 Å². The molecular formula is C22H34N4O. The molecule has 27 heavy (non-hydrogen) atoms. The lowest BCUT2D eigenvalue weighted by Crippen LogP contribution is -2.47. The molecule has 2 heterocycles. The van der Waals surface area contributed by atoms with Crippen LogP contribution in [0.25, 0.3) is 10.9 Å². The smallest absolute Gasteiger partial charge is 0.191 e. The van der Waals surface area contributed by atoms with Gasteiger partial charge in [0.05, 0.1) is 12.6 Å². The summed E-state index contributed by atoms with van der Waals surface area (Å²) in [5.41, 5.74) is 2.45. The molecule has 2 unspecified atom stereocenters. The molecule has 0 aliphatic carbocycles. The van der Waals surface area contributed by atoms with Gasteiger partial charge in [0, 0.05) is 36.8 Å². The van der Waals surface area contributed by atoms with Crippen molar-refractivity contribution in [1.29, 1.82) is 0 Å². The second-order valence-corrected chi connectivity index (χ2v) is 8.52. The number of hydrogen-bond acceptors (Lipinski definition) is 2. The van der Waals surface area contributed by atoms with Gasteiger partial charge in [0.15, 0.2) is 5.96 Å². The average molecular weight is 371 g/mol. The van der Waals surface area contributed by atoms with Crippen LogP contribution in [0.3, 0.4) is 0 Å². The molecule has 3 rings (SSSR count). The number of benzene rings is 1. The van der Waals surface area contributed by atoms with Gasteiger partial charge in [-0.3, -0.25) is 0 Å². The fourth-order valence-corrected chi connectivity index (χ4v) is 3.96. The largest absolute Gasteiger partial charge is 0.377 e. The summed E-state index contributed by atoms with van der Waals surface area (Å²) in [5, 5.41) is 8.14. The van der Waals surface area contributed by atoms with Gasteiger partial charge in [-0.1, -0.05) is 39.0 Å². The number of aromatic nitrogens is 1. The molecular weight excluding hydrogens is 336 g/mol. The number of rotatable bonds is 5. The minimum Gasteiger partial charge on any atom is -0.377 e. The summed E-state index contributed by atoms with van der Waals surface area (Å²) in [4.78, 5) is 8.22. The van der Waals surface area contributed by atoms with E-state index < -0.39 is 0 Å². The lowest BCUT2D eigenvalue weighted by atomic mass is 9.78. The van der Waals surface area contributed by atoms with Gasteiger partial charge in [0.25, 0.3) is 0 Å². The molecule has 1 aromatic carbocycles. The van der Waals surface area contributed by atoms with Crippen molar-refractivity contribution in [3.05, 3.63) is 36.0 Å². The Morgan fingerprint density at radius 3 is 2.81 bits per heavy atom. The van der Waals surface area contributed by atoms with Crippen molar-refractivity contribution < 1.29 is 4.74 Å². The van der Waals surface area contributed by atoms with Crippen molar-refractivity contribution in [1.82, 2.24) is 15.6 Å². The van der Waals surface area contributed by atoms with Gasteiger partial charge in [0.1, 0.15) is 0 Å². The van der Waals surface area contributed by atoms with Crippen LogP contribution in [-0.4, -0.2) is 36.7 Å². The van der Waals surface area contributed by atoms with Crippen molar-refractivity contribution >= 4 is 16.9 Å². The Kier molecular flexibility index (Phi) is 6.42. The second kappa shape index (κ2) is 8.79. The number of H-pyrrole nitrogens is 1. The first-order chi connectivity index (χ1) is 13.0. The van der Waals surface area contributed by atoms with E-state index in [9.17, 15) is 0 Å². The third-order valence-electron chi connectivity index (χ3n) is 5.17. The van der Waals surface area contributed by atoms with E-state index >= 15 is 0 Å². The lowest BCUT2D eigenvalue weighted by Gasteiger charge is -2.40. The first kappa shape index (κ1) is 19.7. The van der Waals surface area contributed by atoms with Crippen molar-refractivity contribution in [3.8, 4) is 0 Å². The van der Waals surface area contributed by atoms with E-state index in [4.69, 9.17) is 9.73 Å². The van der Waals surface area contributed by atoms with Gasteiger partial charge in [0.2, 0.25) is 0 Å². The van der Waals surface area contributed by atoms with E-state index in [1.54, 1.807) is 0 Å². The molecule has 5 nitrogen and oxygen atoms in total. The summed E-state index contributed by atoms with van der Waals surface area (Å²) in [5.74, 6) is 1.38. The minimum absolute atomic E-state index is 0.159. The molecule has 0 saturated carbocycles. The molecule has 1 fully saturated rings. The SMILES string of the molecule is CCNC(=NCc1cc2ccccc2[nH]1)NCC1CCCOC1C(C)(C)C. The van der Waals surface area contributed by atoms with Crippen LogP contribution in [0, 0.1) is 11.3 Å². The third-order valence-corrected chi connectivity index (χ3v) is 5.17. The summed E-state index contributed by atoms with van der Waals surface area (Å²) in [6.07, 6.45) is 2.63. The molecule has 5 heteroatoms. The number of guanidine groups is 1. The minimum atomic E-state index is 0.159. The predicted molar refractivity (Wildman–Crippen MR) is 113 cm³/mol. The van der Waals surface area contributed by atoms with Crippen LogP contribution in [0.5, 0.6) is 0 Å². The normalized spacial score (nSPS) is 21.4. The molecule has 0 bridgehead atoms. The van der Waals surface area contributed by atoms with E-state index in [1.807, 2.05) is 0 Å². The second-order valence-electron chi connectivity index (χ2n) is 8.52. The van der Waals surface area contributed by atoms with Crippen LogP contribution >= 0.6 is 0 Å². The van der Waals surface area contributed by atoms with Crippen molar-refractivity contribution in [2.75, 3.05) is 19.7 Å². The van der Waals surface area contributed by atoms with Gasteiger partial charge in [-0.25, -0.2) is 4.99 Å². The van der Waals surface area contributed by atoms with Gasteiger partial charge < -0.3 is 20.4 Å². The van der Waals surface area contributed by atoms with Crippen LogP contribution in [0.2, 0.25) is 0 Å². The highest BCUT2D eigenvalue weighted by atomic mass is 16.5. The number of aliphatic imine (C=N–C) groups is 1. The van der Waals surface area contributed by atoms with E-state index in [2.05, 4.69) is 73.6 Å². The molecule has 0 spiro atoms. The van der Waals surface area contributed by atoms with Gasteiger partial charge in [-0.05, 0) is 42.7 Å². The molecule has 1 aliphatic rings. The predicted octanol–water partition coefficient (Wildman–Crippen LogP) is 4.06. The van der Waals surface area contributed by atoms with Crippen LogP contribution in [0.4, 0.5) is 0 Å². The number of nitrogens with one attached hydrogen (secondary N) is 3. The molecule has 1 saturated heterocycles. The molecule has 1 aliphatic heterocycles. The van der Waals surface area contributed by atoms with Gasteiger partial charge >= 0.3 is 0 Å². The Hall–Kier alpha value is -2.01. The standard InChI is InChI=1S/C22H34N4O/c1-5-23-21(24-14-17-10-8-12-27-20(17)22(2,3)4)25-15-18-13-16-9-6-7-11-19(16)26-18/h6-7,9,11,13,17,20,26H,5,8,10,12,14-15H2,1-4H3,(H2,23,24,25). The highest BCUT2D eigenvalue weighted by Crippen LogP contribution is 2.33. The maximum absolute atomic E-state index is 6.10. The summed E-state index contributed by atoms with van der Waals surface area (Å²) in [6.45, 7) is 12.2. The summed E-state index contributed by atoms with van der Waals surface area (Å²) < 4.78 is 6.10. The van der Waals surface area contributed by atoms with Crippen LogP contribution in [0.1, 0.15) is 46.2 Å². The fourth-order valence-electron chi connectivity index (χ4n) is 3.96. The Morgan fingerprint density at radius 1 is 1.26 bits per heavy atom. The highest BCUT2D eigenvalue weighted by molar-refractivity contribution is 5.81. The number of ether oxygens (including phenoxy) is 1. The van der Waals surface area contributed by atoms with Crippen LogP contribution in [-0.2, 0) is 11.3 Å². The van der Waals surface area contributed by atoms with E-state index in [1.165, 1.54) is 11.8 Å². The lowest BCUT2D eigenvalue weighted by molar-refractivity contribution is -0.0835. The number of nitrogens with zero attached hydrogens (tertiary/aromatic N) is 1. The number of para-hydroxylation sites is 1. The molecule has 0 amide bonds. The zero-order chi connectivity index (χ0) is 19.3. The Bertz CT molecular complexity index is 726. The fraction of sp³-hybridized carbons (Fsp3) is 0.591. The maximum Gasteiger partial charge on any atom is 0.191 e. The van der Waals surface area contributed by atoms with Crippen LogP contribution in [0.15, 0.2) is 35.3 Å². The van der Waals surface area contributed by atoms with E-state index in [0.717, 1.165) is 43.3 Å². The van der Waals surface area contributed by atoms with Crippen molar-refractivity contribution in [2.24, 2.45) is 16.3 Å². The van der Waals surface area contributed by atoms with Gasteiger partial charge in [-0.2, -0.15) is 0 Å². The van der Waals surface area contributed by atoms with Crippen molar-refractivity contribution in [3.63, 3.8) is 0 Å². The van der Waals surface area contributed by atoms with Gasteiger partial charge in [-0.15, -0.1) is 0 Å². The summed E-state index contributed by atoms with van der Waals surface area (Å²) >= 11 is 0. The molecule has 1 aromatic heterocycles. The topological polar surface area (TPSA) is 61.4 Å². The zero-order valence-corrected chi connectivity index (χ0v) is 17.1. The third kappa shape index (κ3) is 5.25. The molecule has 148 valence electrons. The number of hydrogen-bond donors (Lipinski definition) is 3. The number of fused-ring (bicyclic) bond motifs is 1. The first-order valence-electron chi connectivity index (χ1n) is 10.2. The summed E-state index contributed by atoms with van der Waals surface area (Å²) in [6, 6.07) is 10.5. The quantitative estimate of drug-likeness (QED) is 0.549. The molecule has 0 radical (unpaired) electrons. The average Bonchev–Trinajstić information content (AvgIpc) is 3.06. The Balaban J connectivity index is 1.63. The van der Waals surface area contributed by atoms with Crippen LogP contribution < -0.4 is 10.6 Å². The summed E-state index contributed by atoms with van der Waals surface area (Å²) in [7, 11) is 0. The van der Waals surface area contributed by atoms with Crippen molar-refractivity contribution in [2.45, 2.75) is 53.2 Å². The Labute approximate surface area is 163 Å². The maximum atomic E-state index is 6.10. The number of aromatic amines is 1. The zero-order valence-electron chi connectivity index (χ0n) is 17.1. The first-order valence-corrected chi connectivity index (χ1v) is 10.2. The molecule has 2 atom stereocenters. The monoisotopic (exact) mass is 370 g/mol. The highest BCUT2D eigenvalue weighted by Gasteiger charge is 2.35. The molecule has 3 N–H and O–H groups in total. The Morgan fingerprint density at radius 2 is 2.07 bits per heavy atom. The molecule has 2 aromatic rings. The van der Waals surface area contributed by atoms with E-state index in [-0.39, 0.29) is 11.5 Å².